The first-order valence-electron chi connectivity index (χ1n) is 5.69. The summed E-state index contributed by atoms with van der Waals surface area (Å²) in [6, 6.07) is 10.4. The molecule has 1 unspecified atom stereocenters. The molecule has 0 radical (unpaired) electrons. The molecule has 3 heteroatoms. The van der Waals surface area contributed by atoms with Crippen LogP contribution in [0.15, 0.2) is 30.3 Å². The van der Waals surface area contributed by atoms with Crippen molar-refractivity contribution in [2.45, 2.75) is 18.9 Å². The lowest BCUT2D eigenvalue weighted by Crippen LogP contribution is -2.31. The topological polar surface area (TPSA) is 44.5 Å². The van der Waals surface area contributed by atoms with Gasteiger partial charge in [0.15, 0.2) is 0 Å². The van der Waals surface area contributed by atoms with Gasteiger partial charge in [-0.3, -0.25) is 0 Å². The highest BCUT2D eigenvalue weighted by atomic mass is 16.5. The van der Waals surface area contributed by atoms with Gasteiger partial charge in [0.2, 0.25) is 0 Å². The second-order valence-corrected chi connectivity index (χ2v) is 3.88. The van der Waals surface area contributed by atoms with Crippen molar-refractivity contribution in [3.8, 4) is 0 Å². The Bertz CT molecular complexity index is 264. The number of ether oxygens (including phenoxy) is 2. The molecule has 0 heterocycles. The van der Waals surface area contributed by atoms with Crippen molar-refractivity contribution in [1.82, 2.24) is 0 Å². The average Bonchev–Trinajstić information content (AvgIpc) is 2.30. The minimum atomic E-state index is -0.0123. The number of aryl methyl sites for hydroxylation is 1. The summed E-state index contributed by atoms with van der Waals surface area (Å²) in [6.07, 6.45) is 2.09. The first-order chi connectivity index (χ1) is 7.83. The summed E-state index contributed by atoms with van der Waals surface area (Å²) in [5.74, 6) is 0. The Labute approximate surface area is 97.6 Å². The van der Waals surface area contributed by atoms with Crippen LogP contribution in [-0.4, -0.2) is 33.0 Å². The predicted octanol–water partition coefficient (Wildman–Crippen LogP) is 1.61. The van der Waals surface area contributed by atoms with E-state index >= 15 is 0 Å². The molecule has 0 saturated carbocycles. The Morgan fingerprint density at radius 2 is 1.94 bits per heavy atom. The number of hydrogen-bond acceptors (Lipinski definition) is 3. The van der Waals surface area contributed by atoms with Crippen molar-refractivity contribution in [2.75, 3.05) is 26.9 Å². The van der Waals surface area contributed by atoms with Crippen molar-refractivity contribution in [1.29, 1.82) is 0 Å². The van der Waals surface area contributed by atoms with E-state index in [1.54, 1.807) is 7.11 Å². The molecule has 0 aromatic heterocycles. The number of benzene rings is 1. The molecule has 1 atom stereocenters. The van der Waals surface area contributed by atoms with Crippen molar-refractivity contribution < 1.29 is 9.47 Å². The Kier molecular flexibility index (Phi) is 6.81. The standard InChI is InChI=1S/C13H21NO2/c1-15-10-13(14)11-16-9-5-8-12-6-3-2-4-7-12/h2-4,6-7,13H,5,8-11,14H2,1H3. The predicted molar refractivity (Wildman–Crippen MR) is 65.4 cm³/mol. The third-order valence-corrected chi connectivity index (χ3v) is 2.31. The summed E-state index contributed by atoms with van der Waals surface area (Å²) in [4.78, 5) is 0. The smallest absolute Gasteiger partial charge is 0.0640 e. The molecule has 0 aliphatic heterocycles. The van der Waals surface area contributed by atoms with E-state index < -0.39 is 0 Å². The summed E-state index contributed by atoms with van der Waals surface area (Å²) in [7, 11) is 1.65. The minimum Gasteiger partial charge on any atom is -0.383 e. The second-order valence-electron chi connectivity index (χ2n) is 3.88. The van der Waals surface area contributed by atoms with Gasteiger partial charge < -0.3 is 15.2 Å². The van der Waals surface area contributed by atoms with Crippen LogP contribution in [0, 0.1) is 0 Å². The number of rotatable bonds is 8. The van der Waals surface area contributed by atoms with Gasteiger partial charge in [0.1, 0.15) is 0 Å². The van der Waals surface area contributed by atoms with Crippen LogP contribution in [0.1, 0.15) is 12.0 Å². The van der Waals surface area contributed by atoms with E-state index in [2.05, 4.69) is 24.3 Å². The molecule has 90 valence electrons. The molecule has 1 aromatic rings. The second kappa shape index (κ2) is 8.28. The van der Waals surface area contributed by atoms with E-state index in [-0.39, 0.29) is 6.04 Å². The molecule has 0 amide bonds. The third kappa shape index (κ3) is 5.85. The van der Waals surface area contributed by atoms with Gasteiger partial charge in [0.25, 0.3) is 0 Å². The van der Waals surface area contributed by atoms with Gasteiger partial charge in [-0.25, -0.2) is 0 Å². The van der Waals surface area contributed by atoms with Gasteiger partial charge >= 0.3 is 0 Å². The Hall–Kier alpha value is -0.900. The van der Waals surface area contributed by atoms with Gasteiger partial charge in [-0.1, -0.05) is 30.3 Å². The maximum Gasteiger partial charge on any atom is 0.0640 e. The van der Waals surface area contributed by atoms with Crippen molar-refractivity contribution in [2.24, 2.45) is 5.73 Å². The molecule has 0 fully saturated rings. The lowest BCUT2D eigenvalue weighted by Gasteiger charge is -2.10. The molecular formula is C13H21NO2. The number of hydrogen-bond donors (Lipinski definition) is 1. The van der Waals surface area contributed by atoms with Crippen molar-refractivity contribution in [3.05, 3.63) is 35.9 Å². The molecule has 1 aromatic carbocycles. The lowest BCUT2D eigenvalue weighted by atomic mass is 10.1. The molecular weight excluding hydrogens is 202 g/mol. The third-order valence-electron chi connectivity index (χ3n) is 2.31. The minimum absolute atomic E-state index is 0.0123. The summed E-state index contributed by atoms with van der Waals surface area (Å²) in [5.41, 5.74) is 7.08. The van der Waals surface area contributed by atoms with E-state index in [4.69, 9.17) is 15.2 Å². The zero-order valence-electron chi connectivity index (χ0n) is 9.89. The Balaban J connectivity index is 2.00. The fourth-order valence-corrected chi connectivity index (χ4v) is 1.52. The Morgan fingerprint density at radius 3 is 2.62 bits per heavy atom. The molecule has 0 bridgehead atoms. The van der Waals surface area contributed by atoms with E-state index in [9.17, 15) is 0 Å². The highest BCUT2D eigenvalue weighted by Gasteiger charge is 2.00. The molecule has 0 spiro atoms. The molecule has 0 aliphatic carbocycles. The van der Waals surface area contributed by atoms with E-state index in [1.165, 1.54) is 5.56 Å². The Morgan fingerprint density at radius 1 is 1.19 bits per heavy atom. The van der Waals surface area contributed by atoms with Crippen LogP contribution in [0.4, 0.5) is 0 Å². The van der Waals surface area contributed by atoms with Crippen LogP contribution >= 0.6 is 0 Å². The van der Waals surface area contributed by atoms with Crippen molar-refractivity contribution in [3.63, 3.8) is 0 Å². The van der Waals surface area contributed by atoms with Crippen molar-refractivity contribution >= 4 is 0 Å². The molecule has 0 aliphatic rings. The first-order valence-corrected chi connectivity index (χ1v) is 5.69. The van der Waals surface area contributed by atoms with Crippen LogP contribution in [0.25, 0.3) is 0 Å². The monoisotopic (exact) mass is 223 g/mol. The first kappa shape index (κ1) is 13.2. The van der Waals surface area contributed by atoms with Crippen LogP contribution in [0.5, 0.6) is 0 Å². The van der Waals surface area contributed by atoms with Gasteiger partial charge in [-0.05, 0) is 18.4 Å². The van der Waals surface area contributed by atoms with E-state index in [1.807, 2.05) is 6.07 Å². The average molecular weight is 223 g/mol. The quantitative estimate of drug-likeness (QED) is 0.681. The largest absolute Gasteiger partial charge is 0.383 e. The molecule has 2 N–H and O–H groups in total. The van der Waals surface area contributed by atoms with Crippen LogP contribution < -0.4 is 5.73 Å². The fourth-order valence-electron chi connectivity index (χ4n) is 1.52. The van der Waals surface area contributed by atoms with Gasteiger partial charge in [-0.2, -0.15) is 0 Å². The molecule has 16 heavy (non-hydrogen) atoms. The van der Waals surface area contributed by atoms with Gasteiger partial charge in [-0.15, -0.1) is 0 Å². The number of methoxy groups -OCH3 is 1. The SMILES string of the molecule is COCC(N)COCCCc1ccccc1. The normalized spacial score (nSPS) is 12.6. The zero-order chi connectivity index (χ0) is 11.6. The van der Waals surface area contributed by atoms with Crippen LogP contribution in [0.3, 0.4) is 0 Å². The van der Waals surface area contributed by atoms with Crippen LogP contribution in [0.2, 0.25) is 0 Å². The summed E-state index contributed by atoms with van der Waals surface area (Å²) in [6.45, 7) is 1.88. The zero-order valence-corrected chi connectivity index (χ0v) is 9.89. The molecule has 3 nitrogen and oxygen atoms in total. The maximum atomic E-state index is 5.73. The van der Waals surface area contributed by atoms with Crippen LogP contribution in [-0.2, 0) is 15.9 Å². The molecule has 1 rings (SSSR count). The maximum absolute atomic E-state index is 5.73. The van der Waals surface area contributed by atoms with Gasteiger partial charge in [0.05, 0.1) is 19.3 Å². The van der Waals surface area contributed by atoms with E-state index in [0.717, 1.165) is 19.4 Å². The summed E-state index contributed by atoms with van der Waals surface area (Å²) >= 11 is 0. The van der Waals surface area contributed by atoms with E-state index in [0.29, 0.717) is 13.2 Å². The lowest BCUT2D eigenvalue weighted by molar-refractivity contribution is 0.0857. The summed E-state index contributed by atoms with van der Waals surface area (Å²) < 4.78 is 10.4. The highest BCUT2D eigenvalue weighted by Crippen LogP contribution is 2.02. The molecule has 0 saturated heterocycles. The number of nitrogens with two attached hydrogens (primary N) is 1. The highest BCUT2D eigenvalue weighted by molar-refractivity contribution is 5.14. The summed E-state index contributed by atoms with van der Waals surface area (Å²) in [5, 5.41) is 0. The van der Waals surface area contributed by atoms with Gasteiger partial charge in [0, 0.05) is 13.7 Å². The fraction of sp³-hybridized carbons (Fsp3) is 0.538.